The van der Waals surface area contributed by atoms with Gasteiger partial charge in [-0.2, -0.15) is 0 Å². The number of nitrogens with zero attached hydrogens (tertiary/aromatic N) is 2. The van der Waals surface area contributed by atoms with E-state index in [1.54, 1.807) is 12.1 Å². The van der Waals surface area contributed by atoms with Gasteiger partial charge < -0.3 is 24.7 Å². The van der Waals surface area contributed by atoms with Crippen molar-refractivity contribution < 1.29 is 28.9 Å². The summed E-state index contributed by atoms with van der Waals surface area (Å²) in [6.07, 6.45) is 0. The number of benzene rings is 2. The number of likely N-dealkylation sites (tertiary alicyclic amines) is 1. The Morgan fingerprint density at radius 3 is 2.53 bits per heavy atom. The average Bonchev–Trinajstić information content (AvgIpc) is 2.96. The fourth-order valence-electron chi connectivity index (χ4n) is 3.43. The monoisotopic (exact) mass is 414 g/mol. The fourth-order valence-corrected chi connectivity index (χ4v) is 3.43. The molecule has 2 aromatic carbocycles. The van der Waals surface area contributed by atoms with Gasteiger partial charge in [0, 0.05) is 18.7 Å². The van der Waals surface area contributed by atoms with E-state index in [9.17, 15) is 24.2 Å². The predicted molar refractivity (Wildman–Crippen MR) is 109 cm³/mol. The van der Waals surface area contributed by atoms with Gasteiger partial charge in [0.25, 0.3) is 11.7 Å². The summed E-state index contributed by atoms with van der Waals surface area (Å²) in [5.74, 6) is -2.88. The lowest BCUT2D eigenvalue weighted by molar-refractivity contribution is -0.140. The first-order chi connectivity index (χ1) is 14.2. The number of hydrogen-bond donors (Lipinski definition) is 2. The van der Waals surface area contributed by atoms with Crippen molar-refractivity contribution in [2.24, 2.45) is 0 Å². The average molecular weight is 414 g/mol. The molecule has 0 radical (unpaired) electrons. The molecule has 158 valence electrons. The van der Waals surface area contributed by atoms with Crippen molar-refractivity contribution in [1.29, 1.82) is 0 Å². The zero-order valence-electron chi connectivity index (χ0n) is 16.9. The number of carbonyl (C=O) groups is 2. The predicted octanol–water partition coefficient (Wildman–Crippen LogP) is 2.52. The standard InChI is InChI=1S/C22H23FN2O5/c1-24(2)9-10-25-19(13-5-4-6-15(26)11-13)18(21(28)22(25)29)20(27)14-7-8-17(30-3)16(23)12-14/h4-8,11-12,19,26-27H,9-10H2,1-3H3/b20-18-. The number of aromatic hydroxyl groups is 1. The van der Waals surface area contributed by atoms with Crippen LogP contribution in [-0.2, 0) is 9.59 Å². The number of ketones is 1. The molecule has 3 rings (SSSR count). The second-order valence-corrected chi connectivity index (χ2v) is 7.24. The number of hydrogen-bond acceptors (Lipinski definition) is 6. The summed E-state index contributed by atoms with van der Waals surface area (Å²) >= 11 is 0. The van der Waals surface area contributed by atoms with Crippen molar-refractivity contribution in [3.05, 3.63) is 65.0 Å². The number of methoxy groups -OCH3 is 1. The van der Waals surface area contributed by atoms with Crippen LogP contribution < -0.4 is 4.74 Å². The van der Waals surface area contributed by atoms with Gasteiger partial charge in [0.2, 0.25) is 0 Å². The maximum absolute atomic E-state index is 14.2. The lowest BCUT2D eigenvalue weighted by Crippen LogP contribution is -2.35. The van der Waals surface area contributed by atoms with Crippen molar-refractivity contribution in [2.75, 3.05) is 34.3 Å². The molecule has 1 amide bonds. The van der Waals surface area contributed by atoms with Gasteiger partial charge >= 0.3 is 0 Å². The second-order valence-electron chi connectivity index (χ2n) is 7.24. The van der Waals surface area contributed by atoms with Gasteiger partial charge in [-0.3, -0.25) is 9.59 Å². The molecule has 1 atom stereocenters. The number of halogens is 1. The van der Waals surface area contributed by atoms with E-state index < -0.39 is 29.3 Å². The van der Waals surface area contributed by atoms with Crippen molar-refractivity contribution in [2.45, 2.75) is 6.04 Å². The van der Waals surface area contributed by atoms with Crippen LogP contribution in [0.25, 0.3) is 5.76 Å². The van der Waals surface area contributed by atoms with Crippen LogP contribution in [0.15, 0.2) is 48.0 Å². The number of aliphatic hydroxyl groups is 1. The molecular formula is C22H23FN2O5. The Balaban J connectivity index is 2.16. The lowest BCUT2D eigenvalue weighted by Gasteiger charge is -2.26. The maximum atomic E-state index is 14.2. The number of carbonyl (C=O) groups excluding carboxylic acids is 2. The summed E-state index contributed by atoms with van der Waals surface area (Å²) in [5.41, 5.74) is 0.349. The Morgan fingerprint density at radius 1 is 1.20 bits per heavy atom. The molecule has 0 aromatic heterocycles. The SMILES string of the molecule is COc1ccc(/C(O)=C2/C(=O)C(=O)N(CCN(C)C)C2c2cccc(O)c2)cc1F. The summed E-state index contributed by atoms with van der Waals surface area (Å²) in [6, 6.07) is 9.00. The number of amides is 1. The van der Waals surface area contributed by atoms with Crippen LogP contribution in [-0.4, -0.2) is 66.0 Å². The number of ether oxygens (including phenoxy) is 1. The summed E-state index contributed by atoms with van der Waals surface area (Å²) in [7, 11) is 4.98. The molecule has 1 aliphatic rings. The Labute approximate surface area is 173 Å². The molecule has 1 fully saturated rings. The number of aliphatic hydroxyl groups excluding tert-OH is 1. The third-order valence-corrected chi connectivity index (χ3v) is 4.94. The minimum absolute atomic E-state index is 0.0116. The van der Waals surface area contributed by atoms with Gasteiger partial charge in [-0.1, -0.05) is 12.1 Å². The second kappa shape index (κ2) is 8.54. The van der Waals surface area contributed by atoms with Crippen molar-refractivity contribution in [1.82, 2.24) is 9.80 Å². The molecular weight excluding hydrogens is 391 g/mol. The van der Waals surface area contributed by atoms with Crippen LogP contribution in [0, 0.1) is 5.82 Å². The van der Waals surface area contributed by atoms with E-state index in [1.165, 1.54) is 36.3 Å². The Kier molecular flexibility index (Phi) is 6.07. The van der Waals surface area contributed by atoms with E-state index in [0.717, 1.165) is 6.07 Å². The van der Waals surface area contributed by atoms with Gasteiger partial charge in [-0.05, 0) is 50.0 Å². The van der Waals surface area contributed by atoms with Gasteiger partial charge in [-0.15, -0.1) is 0 Å². The highest BCUT2D eigenvalue weighted by atomic mass is 19.1. The molecule has 2 aromatic rings. The van der Waals surface area contributed by atoms with Crippen molar-refractivity contribution >= 4 is 17.4 Å². The van der Waals surface area contributed by atoms with Crippen LogP contribution in [0.5, 0.6) is 11.5 Å². The Hall–Kier alpha value is -3.39. The van der Waals surface area contributed by atoms with Gasteiger partial charge in [0.05, 0.1) is 18.7 Å². The van der Waals surface area contributed by atoms with E-state index in [2.05, 4.69) is 0 Å². The Bertz CT molecular complexity index is 1020. The normalized spacial score (nSPS) is 18.3. The number of rotatable bonds is 6. The molecule has 0 aliphatic carbocycles. The van der Waals surface area contributed by atoms with Crippen LogP contribution in [0.3, 0.4) is 0 Å². The topological polar surface area (TPSA) is 90.3 Å². The quantitative estimate of drug-likeness (QED) is 0.429. The zero-order valence-corrected chi connectivity index (χ0v) is 16.9. The molecule has 1 heterocycles. The molecule has 8 heteroatoms. The largest absolute Gasteiger partial charge is 0.508 e. The van der Waals surface area contributed by atoms with Crippen LogP contribution >= 0.6 is 0 Å². The smallest absolute Gasteiger partial charge is 0.295 e. The molecule has 0 bridgehead atoms. The molecule has 7 nitrogen and oxygen atoms in total. The summed E-state index contributed by atoms with van der Waals surface area (Å²) in [6.45, 7) is 0.713. The molecule has 30 heavy (non-hydrogen) atoms. The van der Waals surface area contributed by atoms with Gasteiger partial charge in [-0.25, -0.2) is 4.39 Å². The zero-order chi connectivity index (χ0) is 22.0. The molecule has 2 N–H and O–H groups in total. The summed E-state index contributed by atoms with van der Waals surface area (Å²) in [5, 5.41) is 20.8. The lowest BCUT2D eigenvalue weighted by atomic mass is 9.95. The van der Waals surface area contributed by atoms with Gasteiger partial charge in [0.15, 0.2) is 11.6 Å². The van der Waals surface area contributed by atoms with E-state index in [-0.39, 0.29) is 29.2 Å². The van der Waals surface area contributed by atoms with E-state index in [1.807, 2.05) is 19.0 Å². The number of Topliss-reactive ketones (excluding diaryl/α,β-unsaturated/α-hetero) is 1. The summed E-state index contributed by atoms with van der Waals surface area (Å²) < 4.78 is 19.1. The van der Waals surface area contributed by atoms with E-state index in [4.69, 9.17) is 4.74 Å². The minimum atomic E-state index is -0.915. The van der Waals surface area contributed by atoms with Crippen LogP contribution in [0.4, 0.5) is 4.39 Å². The third-order valence-electron chi connectivity index (χ3n) is 4.94. The highest BCUT2D eigenvalue weighted by molar-refractivity contribution is 6.46. The first-order valence-electron chi connectivity index (χ1n) is 9.30. The minimum Gasteiger partial charge on any atom is -0.508 e. The molecule has 1 saturated heterocycles. The number of phenols is 1. The molecule has 0 spiro atoms. The van der Waals surface area contributed by atoms with E-state index in [0.29, 0.717) is 12.1 Å². The summed E-state index contributed by atoms with van der Waals surface area (Å²) in [4.78, 5) is 28.8. The highest BCUT2D eigenvalue weighted by Crippen LogP contribution is 2.40. The van der Waals surface area contributed by atoms with E-state index >= 15 is 0 Å². The highest BCUT2D eigenvalue weighted by Gasteiger charge is 2.46. The Morgan fingerprint density at radius 2 is 1.93 bits per heavy atom. The van der Waals surface area contributed by atoms with Gasteiger partial charge in [0.1, 0.15) is 11.5 Å². The number of likely N-dealkylation sites (N-methyl/N-ethyl adjacent to an activating group) is 1. The maximum Gasteiger partial charge on any atom is 0.295 e. The van der Waals surface area contributed by atoms with Crippen molar-refractivity contribution in [3.63, 3.8) is 0 Å². The third kappa shape index (κ3) is 3.99. The number of phenolic OH excluding ortho intramolecular Hbond substituents is 1. The first-order valence-corrected chi connectivity index (χ1v) is 9.30. The fraction of sp³-hybridized carbons (Fsp3) is 0.273. The van der Waals surface area contributed by atoms with Crippen molar-refractivity contribution in [3.8, 4) is 11.5 Å². The van der Waals surface area contributed by atoms with Crippen LogP contribution in [0.2, 0.25) is 0 Å². The first kappa shape index (κ1) is 21.3. The van der Waals surface area contributed by atoms with Crippen LogP contribution in [0.1, 0.15) is 17.2 Å². The molecule has 1 unspecified atom stereocenters. The molecule has 1 aliphatic heterocycles. The molecule has 0 saturated carbocycles.